The fourth-order valence-corrected chi connectivity index (χ4v) is 6.85. The Morgan fingerprint density at radius 2 is 1.86 bits per heavy atom. The van der Waals surface area contributed by atoms with E-state index in [4.69, 9.17) is 4.52 Å². The zero-order valence-corrected chi connectivity index (χ0v) is 17.7. The van der Waals surface area contributed by atoms with Gasteiger partial charge in [0.15, 0.2) is 5.76 Å². The van der Waals surface area contributed by atoms with Crippen LogP contribution in [0.15, 0.2) is 51.9 Å². The van der Waals surface area contributed by atoms with Crippen LogP contribution in [0.4, 0.5) is 0 Å². The van der Waals surface area contributed by atoms with E-state index in [2.05, 4.69) is 17.3 Å². The minimum Gasteiger partial charge on any atom is -0.356 e. The number of sulfonamides is 1. The maximum atomic E-state index is 13.5. The third kappa shape index (κ3) is 3.34. The SMILES string of the molecule is Cc1cc(-c2c(C)sc(C)c2S(=O)(=O)N2CC=C(c3ccccc3)CC2)on1. The molecule has 0 saturated heterocycles. The van der Waals surface area contributed by atoms with E-state index in [0.29, 0.717) is 35.7 Å². The van der Waals surface area contributed by atoms with Crippen LogP contribution in [0.5, 0.6) is 0 Å². The minimum absolute atomic E-state index is 0.350. The lowest BCUT2D eigenvalue weighted by Gasteiger charge is -2.26. The second kappa shape index (κ2) is 7.31. The Balaban J connectivity index is 1.70. The van der Waals surface area contributed by atoms with Crippen molar-refractivity contribution in [2.45, 2.75) is 32.1 Å². The molecule has 0 unspecified atom stereocenters. The average molecular weight is 415 g/mol. The van der Waals surface area contributed by atoms with E-state index in [1.165, 1.54) is 16.9 Å². The topological polar surface area (TPSA) is 63.4 Å². The van der Waals surface area contributed by atoms with Gasteiger partial charge in [-0.2, -0.15) is 4.31 Å². The third-order valence-corrected chi connectivity index (χ3v) is 8.18. The first-order valence-electron chi connectivity index (χ1n) is 9.16. The van der Waals surface area contributed by atoms with Crippen LogP contribution in [0.2, 0.25) is 0 Å². The highest BCUT2D eigenvalue weighted by Gasteiger charge is 2.33. The standard InChI is InChI=1S/C21H22N2O3S2/c1-14-13-19(26-22-14)20-15(2)27-16(3)21(20)28(24,25)23-11-9-18(10-12-23)17-7-5-4-6-8-17/h4-9,13H,10-12H2,1-3H3. The summed E-state index contributed by atoms with van der Waals surface area (Å²) >= 11 is 1.48. The Kier molecular flexibility index (Phi) is 4.99. The summed E-state index contributed by atoms with van der Waals surface area (Å²) < 4.78 is 34.0. The number of aromatic nitrogens is 1. The fourth-order valence-electron chi connectivity index (χ4n) is 3.65. The molecule has 2 aromatic heterocycles. The molecular formula is C21H22N2O3S2. The van der Waals surface area contributed by atoms with Crippen molar-refractivity contribution in [2.75, 3.05) is 13.1 Å². The monoisotopic (exact) mass is 414 g/mol. The summed E-state index contributed by atoms with van der Waals surface area (Å²) in [4.78, 5) is 2.05. The van der Waals surface area contributed by atoms with Crippen molar-refractivity contribution in [3.63, 3.8) is 0 Å². The van der Waals surface area contributed by atoms with E-state index in [1.807, 2.05) is 45.0 Å². The summed E-state index contributed by atoms with van der Waals surface area (Å²) in [7, 11) is -3.64. The van der Waals surface area contributed by atoms with Crippen LogP contribution in [0.25, 0.3) is 16.9 Å². The van der Waals surface area contributed by atoms with E-state index in [0.717, 1.165) is 21.0 Å². The number of hydrogen-bond donors (Lipinski definition) is 0. The van der Waals surface area contributed by atoms with E-state index >= 15 is 0 Å². The average Bonchev–Trinajstić information content (AvgIpc) is 3.24. The van der Waals surface area contributed by atoms with Crippen LogP contribution in [-0.4, -0.2) is 31.0 Å². The van der Waals surface area contributed by atoms with Crippen molar-refractivity contribution in [2.24, 2.45) is 0 Å². The van der Waals surface area contributed by atoms with Crippen LogP contribution in [0.1, 0.15) is 27.4 Å². The van der Waals surface area contributed by atoms with Gasteiger partial charge in [-0.3, -0.25) is 0 Å². The van der Waals surface area contributed by atoms with Gasteiger partial charge in [0.05, 0.1) is 11.3 Å². The smallest absolute Gasteiger partial charge is 0.245 e. The molecule has 0 fully saturated rings. The molecule has 7 heteroatoms. The maximum absolute atomic E-state index is 13.5. The zero-order chi connectivity index (χ0) is 19.9. The van der Waals surface area contributed by atoms with Crippen molar-refractivity contribution in [1.82, 2.24) is 9.46 Å². The molecule has 0 aliphatic carbocycles. The van der Waals surface area contributed by atoms with Crippen LogP contribution < -0.4 is 0 Å². The van der Waals surface area contributed by atoms with Crippen molar-refractivity contribution < 1.29 is 12.9 Å². The third-order valence-electron chi connectivity index (χ3n) is 4.99. The molecule has 0 atom stereocenters. The molecule has 1 aliphatic heterocycles. The largest absolute Gasteiger partial charge is 0.356 e. The first kappa shape index (κ1) is 19.1. The predicted molar refractivity (Wildman–Crippen MR) is 112 cm³/mol. The molecule has 0 N–H and O–H groups in total. The Morgan fingerprint density at radius 1 is 1.11 bits per heavy atom. The van der Waals surface area contributed by atoms with Gasteiger partial charge in [0.1, 0.15) is 4.90 Å². The Hall–Kier alpha value is -2.22. The van der Waals surface area contributed by atoms with Gasteiger partial charge in [0, 0.05) is 28.9 Å². The summed E-state index contributed by atoms with van der Waals surface area (Å²) in [6.07, 6.45) is 2.71. The van der Waals surface area contributed by atoms with Crippen molar-refractivity contribution in [3.05, 3.63) is 63.5 Å². The Labute approximate surface area is 169 Å². The van der Waals surface area contributed by atoms with Crippen molar-refractivity contribution in [3.8, 4) is 11.3 Å². The summed E-state index contributed by atoms with van der Waals surface area (Å²) in [6, 6.07) is 11.9. The molecule has 1 aliphatic rings. The minimum atomic E-state index is -3.64. The molecule has 3 heterocycles. The van der Waals surface area contributed by atoms with Gasteiger partial charge in [-0.05, 0) is 38.3 Å². The van der Waals surface area contributed by atoms with Gasteiger partial charge in [0.2, 0.25) is 10.0 Å². The number of benzene rings is 1. The first-order chi connectivity index (χ1) is 13.4. The van der Waals surface area contributed by atoms with Crippen LogP contribution in [-0.2, 0) is 10.0 Å². The molecule has 0 amide bonds. The van der Waals surface area contributed by atoms with E-state index in [-0.39, 0.29) is 0 Å². The number of hydrogen-bond acceptors (Lipinski definition) is 5. The second-order valence-electron chi connectivity index (χ2n) is 6.96. The van der Waals surface area contributed by atoms with Gasteiger partial charge in [-0.1, -0.05) is 41.6 Å². The molecule has 146 valence electrons. The molecule has 0 saturated carbocycles. The maximum Gasteiger partial charge on any atom is 0.245 e. The van der Waals surface area contributed by atoms with E-state index in [1.54, 1.807) is 10.4 Å². The van der Waals surface area contributed by atoms with Crippen molar-refractivity contribution in [1.29, 1.82) is 0 Å². The van der Waals surface area contributed by atoms with E-state index < -0.39 is 10.0 Å². The summed E-state index contributed by atoms with van der Waals surface area (Å²) in [5, 5.41) is 3.93. The molecular weight excluding hydrogens is 392 g/mol. The quantitative estimate of drug-likeness (QED) is 0.615. The molecule has 28 heavy (non-hydrogen) atoms. The lowest BCUT2D eigenvalue weighted by Crippen LogP contribution is -2.35. The van der Waals surface area contributed by atoms with Gasteiger partial charge in [-0.25, -0.2) is 8.42 Å². The molecule has 0 bridgehead atoms. The summed E-state index contributed by atoms with van der Waals surface area (Å²) in [5.74, 6) is 0.510. The summed E-state index contributed by atoms with van der Waals surface area (Å²) in [6.45, 7) is 6.44. The Bertz CT molecular complexity index is 1140. The lowest BCUT2D eigenvalue weighted by molar-refractivity contribution is 0.424. The molecule has 4 rings (SSSR count). The molecule has 3 aromatic rings. The number of aryl methyl sites for hydroxylation is 3. The van der Waals surface area contributed by atoms with Crippen LogP contribution in [0.3, 0.4) is 0 Å². The number of rotatable bonds is 4. The second-order valence-corrected chi connectivity index (χ2v) is 10.3. The van der Waals surface area contributed by atoms with Crippen LogP contribution >= 0.6 is 11.3 Å². The number of thiophene rings is 1. The lowest BCUT2D eigenvalue weighted by atomic mass is 10.0. The highest BCUT2D eigenvalue weighted by molar-refractivity contribution is 7.89. The molecule has 0 spiro atoms. The summed E-state index contributed by atoms with van der Waals surface area (Å²) in [5.41, 5.74) is 3.72. The predicted octanol–water partition coefficient (Wildman–Crippen LogP) is 4.81. The first-order valence-corrected chi connectivity index (χ1v) is 11.4. The Morgan fingerprint density at radius 3 is 2.46 bits per heavy atom. The van der Waals surface area contributed by atoms with Crippen LogP contribution in [0, 0.1) is 20.8 Å². The van der Waals surface area contributed by atoms with Crippen molar-refractivity contribution >= 4 is 26.9 Å². The molecule has 1 aromatic carbocycles. The fraction of sp³-hybridized carbons (Fsp3) is 0.286. The number of nitrogens with zero attached hydrogens (tertiary/aromatic N) is 2. The normalized spacial score (nSPS) is 15.6. The highest BCUT2D eigenvalue weighted by atomic mass is 32.2. The molecule has 0 radical (unpaired) electrons. The van der Waals surface area contributed by atoms with Gasteiger partial charge < -0.3 is 4.52 Å². The van der Waals surface area contributed by atoms with Gasteiger partial charge in [0.25, 0.3) is 0 Å². The highest BCUT2D eigenvalue weighted by Crippen LogP contribution is 2.41. The molecule has 5 nitrogen and oxygen atoms in total. The van der Waals surface area contributed by atoms with E-state index in [9.17, 15) is 8.42 Å². The van der Waals surface area contributed by atoms with Gasteiger partial charge >= 0.3 is 0 Å². The zero-order valence-electron chi connectivity index (χ0n) is 16.1. The van der Waals surface area contributed by atoms with Gasteiger partial charge in [-0.15, -0.1) is 11.3 Å².